The van der Waals surface area contributed by atoms with E-state index >= 15 is 0 Å². The van der Waals surface area contributed by atoms with Crippen molar-refractivity contribution >= 4 is 57.4 Å². The van der Waals surface area contributed by atoms with Gasteiger partial charge in [0.1, 0.15) is 19.7 Å². The average molecular weight is 442 g/mol. The van der Waals surface area contributed by atoms with E-state index in [-0.39, 0.29) is 5.02 Å². The molecule has 1 fully saturated rings. The highest BCUT2D eigenvalue weighted by Gasteiger charge is 2.39. The summed E-state index contributed by atoms with van der Waals surface area (Å²) in [6.45, 7) is 0. The van der Waals surface area contributed by atoms with E-state index in [4.69, 9.17) is 19.4 Å². The van der Waals surface area contributed by atoms with Crippen molar-refractivity contribution in [2.24, 2.45) is 0 Å². The highest BCUT2D eigenvalue weighted by molar-refractivity contribution is 7.87. The minimum absolute atomic E-state index is 0.128. The predicted molar refractivity (Wildman–Crippen MR) is 110 cm³/mol. The summed E-state index contributed by atoms with van der Waals surface area (Å²) in [5.41, 5.74) is 0.298. The number of likely N-dealkylation sites (N-methyl/N-ethyl adjacent to an activating group) is 1. The zero-order valence-corrected chi connectivity index (χ0v) is 17.4. The number of halogens is 2. The molecule has 3 rings (SSSR count). The van der Waals surface area contributed by atoms with Crippen LogP contribution in [0.3, 0.4) is 0 Å². The zero-order chi connectivity index (χ0) is 20.5. The molecule has 0 bridgehead atoms. The monoisotopic (exact) mass is 441 g/mol. The fraction of sp³-hybridized carbons (Fsp3) is 0.353. The third-order valence-electron chi connectivity index (χ3n) is 4.55. The van der Waals surface area contributed by atoms with Crippen LogP contribution in [0.15, 0.2) is 30.3 Å². The van der Waals surface area contributed by atoms with Crippen molar-refractivity contribution in [1.82, 2.24) is 9.03 Å². The van der Waals surface area contributed by atoms with Crippen molar-refractivity contribution in [2.45, 2.75) is 31.3 Å². The number of amides is 1. The van der Waals surface area contributed by atoms with Crippen molar-refractivity contribution in [2.75, 3.05) is 12.4 Å². The Labute approximate surface area is 173 Å². The smallest absolute Gasteiger partial charge is 0.280 e. The van der Waals surface area contributed by atoms with E-state index in [0.29, 0.717) is 29.7 Å². The summed E-state index contributed by atoms with van der Waals surface area (Å²) in [6, 6.07) is 6.22. The molecule has 1 aliphatic heterocycles. The summed E-state index contributed by atoms with van der Waals surface area (Å²) in [4.78, 5) is 13.7. The van der Waals surface area contributed by atoms with Gasteiger partial charge in [-0.1, -0.05) is 17.7 Å². The summed E-state index contributed by atoms with van der Waals surface area (Å²) in [6.07, 6.45) is 1.50. The first kappa shape index (κ1) is 21.3. The van der Waals surface area contributed by atoms with Gasteiger partial charge in [0.25, 0.3) is 10.2 Å². The van der Waals surface area contributed by atoms with Crippen LogP contribution < -0.4 is 14.8 Å². The van der Waals surface area contributed by atoms with Crippen LogP contribution in [0, 0.1) is 5.82 Å². The summed E-state index contributed by atoms with van der Waals surface area (Å²) in [7, 11) is 3.27. The van der Waals surface area contributed by atoms with Gasteiger partial charge < -0.3 is 5.32 Å². The van der Waals surface area contributed by atoms with E-state index < -0.39 is 34.0 Å². The van der Waals surface area contributed by atoms with Gasteiger partial charge in [-0.3, -0.25) is 4.79 Å². The SMILES string of the molecule is [B]c1ccc(CCC2C[C@@H](C(=O)Nc3ccc(F)c(Cl)c3)N(C)S(=O)(=O)N2)s1. The molecule has 1 unspecified atom stereocenters. The van der Waals surface area contributed by atoms with Gasteiger partial charge in [-0.2, -0.15) is 28.8 Å². The maximum absolute atomic E-state index is 13.3. The van der Waals surface area contributed by atoms with Crippen molar-refractivity contribution in [3.63, 3.8) is 0 Å². The number of rotatable bonds is 5. The highest BCUT2D eigenvalue weighted by Crippen LogP contribution is 2.24. The number of hydrogen-bond donors (Lipinski definition) is 2. The van der Waals surface area contributed by atoms with Crippen molar-refractivity contribution in [1.29, 1.82) is 0 Å². The molecule has 28 heavy (non-hydrogen) atoms. The summed E-state index contributed by atoms with van der Waals surface area (Å²) >= 11 is 7.19. The molecule has 0 aliphatic carbocycles. The van der Waals surface area contributed by atoms with E-state index in [1.807, 2.05) is 12.1 Å². The van der Waals surface area contributed by atoms with Crippen LogP contribution in [0.25, 0.3) is 0 Å². The molecule has 0 spiro atoms. The Bertz CT molecular complexity index is 986. The lowest BCUT2D eigenvalue weighted by Gasteiger charge is -2.36. The number of aryl methyl sites for hydroxylation is 1. The molecule has 1 aromatic heterocycles. The van der Waals surface area contributed by atoms with E-state index in [1.165, 1.54) is 30.5 Å². The van der Waals surface area contributed by atoms with Gasteiger partial charge in [-0.05, 0) is 48.3 Å². The standard InChI is InChI=1S/C17H18BClFN3O3S2/c1-23-15(17(24)21-10-3-6-14(20)13(19)8-10)9-11(22-28(23,25)26)2-4-12-5-7-16(18)27-12/h3,5-8,11,15,22H,2,4,9H2,1H3,(H,21,24)/t11?,15-/m0/s1. The number of hydrogen-bond acceptors (Lipinski definition) is 4. The Morgan fingerprint density at radius 3 is 2.82 bits per heavy atom. The predicted octanol–water partition coefficient (Wildman–Crippen LogP) is 1.81. The Kier molecular flexibility index (Phi) is 6.46. The maximum Gasteiger partial charge on any atom is 0.280 e. The second kappa shape index (κ2) is 8.50. The van der Waals surface area contributed by atoms with Gasteiger partial charge in [0, 0.05) is 23.7 Å². The Balaban J connectivity index is 1.70. The molecule has 2 atom stereocenters. The fourth-order valence-electron chi connectivity index (χ4n) is 3.02. The third-order valence-corrected chi connectivity index (χ3v) is 7.46. The van der Waals surface area contributed by atoms with E-state index in [0.717, 1.165) is 15.2 Å². The molecule has 1 saturated heterocycles. The molecule has 1 aromatic carbocycles. The number of benzene rings is 1. The number of nitrogens with zero attached hydrogens (tertiary/aromatic N) is 1. The van der Waals surface area contributed by atoms with Gasteiger partial charge in [-0.15, -0.1) is 0 Å². The van der Waals surface area contributed by atoms with Crippen LogP contribution in [0.2, 0.25) is 5.02 Å². The molecule has 6 nitrogen and oxygen atoms in total. The van der Waals surface area contributed by atoms with Crippen LogP contribution in [0.1, 0.15) is 17.7 Å². The molecule has 2 heterocycles. The number of carbonyl (C=O) groups excluding carboxylic acids is 1. The maximum atomic E-state index is 13.3. The Morgan fingerprint density at radius 1 is 1.43 bits per heavy atom. The van der Waals surface area contributed by atoms with Gasteiger partial charge in [0.2, 0.25) is 5.91 Å². The molecule has 2 aromatic rings. The van der Waals surface area contributed by atoms with Crippen LogP contribution in [-0.4, -0.2) is 45.6 Å². The minimum Gasteiger partial charge on any atom is -0.325 e. The number of anilines is 1. The first-order chi connectivity index (χ1) is 13.2. The van der Waals surface area contributed by atoms with Crippen LogP contribution in [-0.2, 0) is 21.4 Å². The van der Waals surface area contributed by atoms with E-state index in [1.54, 1.807) is 0 Å². The van der Waals surface area contributed by atoms with Crippen molar-refractivity contribution in [3.8, 4) is 0 Å². The summed E-state index contributed by atoms with van der Waals surface area (Å²) in [5, 5.41) is 2.48. The molecular weight excluding hydrogens is 424 g/mol. The molecular formula is C17H18BClFN3O3S2. The van der Waals surface area contributed by atoms with Crippen LogP contribution in [0.4, 0.5) is 10.1 Å². The lowest BCUT2D eigenvalue weighted by atomic mass is 10.0. The Hall–Kier alpha value is -1.46. The van der Waals surface area contributed by atoms with E-state index in [9.17, 15) is 17.6 Å². The van der Waals surface area contributed by atoms with Crippen molar-refractivity contribution < 1.29 is 17.6 Å². The lowest BCUT2D eigenvalue weighted by Crippen LogP contribution is -2.58. The molecule has 2 radical (unpaired) electrons. The molecule has 1 amide bonds. The van der Waals surface area contributed by atoms with Gasteiger partial charge in [-0.25, -0.2) is 4.39 Å². The fourth-order valence-corrected chi connectivity index (χ4v) is 5.31. The van der Waals surface area contributed by atoms with Crippen LogP contribution in [0.5, 0.6) is 0 Å². The second-order valence-electron chi connectivity index (χ2n) is 6.55. The lowest BCUT2D eigenvalue weighted by molar-refractivity contribution is -0.120. The zero-order valence-electron chi connectivity index (χ0n) is 15.0. The topological polar surface area (TPSA) is 78.5 Å². The number of carbonyl (C=O) groups is 1. The first-order valence-corrected chi connectivity index (χ1v) is 11.1. The molecule has 1 aliphatic rings. The summed E-state index contributed by atoms with van der Waals surface area (Å²) < 4.78 is 42.4. The molecule has 0 saturated carbocycles. The minimum atomic E-state index is -3.80. The van der Waals surface area contributed by atoms with Crippen LogP contribution >= 0.6 is 22.9 Å². The summed E-state index contributed by atoms with van der Waals surface area (Å²) in [5.74, 6) is -1.10. The first-order valence-electron chi connectivity index (χ1n) is 8.51. The second-order valence-corrected chi connectivity index (χ2v) is 9.92. The normalized spacial score (nSPS) is 22.1. The number of thiophene rings is 1. The molecule has 2 N–H and O–H groups in total. The highest BCUT2D eigenvalue weighted by atomic mass is 35.5. The van der Waals surface area contributed by atoms with E-state index in [2.05, 4.69) is 10.0 Å². The van der Waals surface area contributed by atoms with Gasteiger partial charge >= 0.3 is 0 Å². The van der Waals surface area contributed by atoms with Crippen molar-refractivity contribution in [3.05, 3.63) is 46.0 Å². The largest absolute Gasteiger partial charge is 0.325 e. The Morgan fingerprint density at radius 2 is 2.18 bits per heavy atom. The average Bonchev–Trinajstić information content (AvgIpc) is 3.04. The number of nitrogens with one attached hydrogen (secondary N) is 2. The molecule has 11 heteroatoms. The van der Waals surface area contributed by atoms with Gasteiger partial charge in [0.05, 0.1) is 5.02 Å². The molecule has 148 valence electrons. The quantitative estimate of drug-likeness (QED) is 0.695. The third kappa shape index (κ3) is 4.93. The van der Waals surface area contributed by atoms with Gasteiger partial charge in [0.15, 0.2) is 0 Å².